The van der Waals surface area contributed by atoms with Crippen LogP contribution in [0.3, 0.4) is 0 Å². The van der Waals surface area contributed by atoms with Gasteiger partial charge in [0.05, 0.1) is 93.2 Å². The molecule has 0 radical (unpaired) electrons. The third kappa shape index (κ3) is 23.3. The molecule has 0 bridgehead atoms. The first-order valence-corrected chi connectivity index (χ1v) is 50.9. The highest BCUT2D eigenvalue weighted by molar-refractivity contribution is 6.31. The molecule has 27 nitrogen and oxygen atoms in total. The van der Waals surface area contributed by atoms with E-state index in [1.54, 1.807) is 55.0 Å². The molecule has 0 atom stereocenters. The van der Waals surface area contributed by atoms with Crippen molar-refractivity contribution in [1.29, 1.82) is 15.8 Å². The van der Waals surface area contributed by atoms with Gasteiger partial charge in [0.2, 0.25) is 0 Å². The third-order valence-corrected chi connectivity index (χ3v) is 28.5. The van der Waals surface area contributed by atoms with Gasteiger partial charge in [0.15, 0.2) is 0 Å². The fourth-order valence-electron chi connectivity index (χ4n) is 19.5. The van der Waals surface area contributed by atoms with Crippen LogP contribution >= 0.6 is 46.4 Å². The van der Waals surface area contributed by atoms with Crippen LogP contribution in [0, 0.1) is 34.0 Å². The van der Waals surface area contributed by atoms with Crippen LogP contribution in [-0.4, -0.2) is 232 Å². The smallest absolute Gasteiger partial charge is 0.317 e. The zero-order valence-corrected chi connectivity index (χ0v) is 84.7. The average molecular weight is 2060 g/mol. The van der Waals surface area contributed by atoms with E-state index in [0.717, 1.165) is 207 Å². The van der Waals surface area contributed by atoms with Gasteiger partial charge in [-0.15, -0.1) is 0 Å². The van der Waals surface area contributed by atoms with E-state index in [1.165, 1.54) is 12.4 Å². The Labute approximate surface area is 886 Å². The molecule has 0 aliphatic carbocycles. The number of amides is 3. The maximum atomic E-state index is 13.0. The zero-order chi connectivity index (χ0) is 103. The van der Waals surface area contributed by atoms with Gasteiger partial charge in [-0.1, -0.05) is 192 Å². The van der Waals surface area contributed by atoms with Gasteiger partial charge in [-0.2, -0.15) is 15.8 Å². The molecular weight excluding hydrogens is 1960 g/mol. The highest BCUT2D eigenvalue weighted by Crippen LogP contribution is 2.38. The van der Waals surface area contributed by atoms with Crippen LogP contribution in [0.2, 0.25) is 20.1 Å². The van der Waals surface area contributed by atoms with Crippen molar-refractivity contribution in [1.82, 2.24) is 91.7 Å². The third-order valence-electron chi connectivity index (χ3n) is 27.5. The molecule has 744 valence electrons. The Morgan fingerprint density at radius 2 is 0.593 bits per heavy atom. The molecule has 10 aromatic heterocycles. The summed E-state index contributed by atoms with van der Waals surface area (Å²) >= 11 is 24.7. The molecule has 3 amide bonds. The summed E-state index contributed by atoms with van der Waals surface area (Å²) < 4.78 is 8.63. The van der Waals surface area contributed by atoms with Crippen LogP contribution in [0.1, 0.15) is 70.7 Å². The maximum Gasteiger partial charge on any atom is 0.317 e. The lowest BCUT2D eigenvalue weighted by molar-refractivity contribution is -0.138. The van der Waals surface area contributed by atoms with E-state index in [2.05, 4.69) is 144 Å². The number of imidazole rings is 4. The number of benzene rings is 9. The van der Waals surface area contributed by atoms with E-state index in [4.69, 9.17) is 76.7 Å². The molecule has 4 aliphatic heterocycles. The minimum Gasteiger partial charge on any atom is -0.480 e. The van der Waals surface area contributed by atoms with Gasteiger partial charge in [-0.3, -0.25) is 53.6 Å². The highest BCUT2D eigenvalue weighted by Gasteiger charge is 2.32. The Morgan fingerprint density at radius 1 is 0.287 bits per heavy atom. The lowest BCUT2D eigenvalue weighted by atomic mass is 10.0. The summed E-state index contributed by atoms with van der Waals surface area (Å²) in [7, 11) is 0. The van der Waals surface area contributed by atoms with Crippen LogP contribution in [-0.2, 0) is 31.0 Å². The molecule has 14 heterocycles. The van der Waals surface area contributed by atoms with Crippen molar-refractivity contribution in [3.63, 3.8) is 0 Å². The number of carboxylic acid groups (broad SMARTS) is 1. The summed E-state index contributed by atoms with van der Waals surface area (Å²) in [5, 5.41) is 40.2. The lowest BCUT2D eigenvalue weighted by Gasteiger charge is -2.34. The molecule has 150 heavy (non-hydrogen) atoms. The van der Waals surface area contributed by atoms with Crippen molar-refractivity contribution in [2.45, 2.75) is 26.2 Å². The Balaban J connectivity index is 0.000000121. The molecule has 4 aliphatic rings. The molecule has 4 fully saturated rings. The standard InChI is InChI=1S/C32H26ClN5O.C31H25ClN6O.C30H24ClN7O.C26H25ClN4O2/c33-28-13-10-25(11-14-28)31-29(38-21-27(12-15-30(38)35-31)24-4-2-1-3-5-24)22-36-16-18-37(19-17-36)32(39)26-8-6-23(20-34)7-9-26;32-26-8-5-22(6-9-26)30-28(21-36-15-17-37(18-16-36)31(39)23-11-13-34-14-12-23)38-20-25(7-10-29(38)35-30)27-4-2-1-3-24(27)19-33;31-24-8-5-21(6-9-24)29-27(20-36-13-15-37(16-14-36)30(39)26-18-33-11-12-34-26)38-19-23(7-10-28(38)35-29)25-4-2-1-3-22(25)17-32;27-22-9-6-20(7-10-22)26-23(17-29-12-14-30(15-13-29)18-25(32)33)31-16-21(8-11-24(31)28-26)19-4-2-1-3-5-19/h1-15,21H,16-19,22H2;1-14,20H,15-18,21H2;1-12,18-19H,13-16,20H2;1-11,16H,12-15,17-18H2,(H,32,33). The fourth-order valence-corrected chi connectivity index (χ4v) is 20.0. The number of piperazine rings is 4. The number of fused-ring (bicyclic) bond motifs is 4. The number of hydrogen-bond donors (Lipinski definition) is 1. The second-order valence-corrected chi connectivity index (χ2v) is 38.7. The summed E-state index contributed by atoms with van der Waals surface area (Å²) in [4.78, 5) is 99.1. The van der Waals surface area contributed by atoms with Crippen LogP contribution in [0.15, 0.2) is 347 Å². The van der Waals surface area contributed by atoms with Gasteiger partial charge in [0.25, 0.3) is 17.7 Å². The van der Waals surface area contributed by atoms with Gasteiger partial charge in [0.1, 0.15) is 28.3 Å². The first-order chi connectivity index (χ1) is 73.4. The Bertz CT molecular complexity index is 7960. The monoisotopic (exact) mass is 2060 g/mol. The van der Waals surface area contributed by atoms with Gasteiger partial charge in [-0.05, 0) is 179 Å². The van der Waals surface area contributed by atoms with E-state index >= 15 is 0 Å². The van der Waals surface area contributed by atoms with E-state index in [-0.39, 0.29) is 24.3 Å². The zero-order valence-electron chi connectivity index (χ0n) is 81.7. The van der Waals surface area contributed by atoms with Crippen LogP contribution in [0.4, 0.5) is 0 Å². The number of aromatic nitrogens is 11. The largest absolute Gasteiger partial charge is 0.480 e. The van der Waals surface area contributed by atoms with E-state index in [9.17, 15) is 29.7 Å². The molecule has 9 aromatic carbocycles. The summed E-state index contributed by atoms with van der Waals surface area (Å²) in [5.74, 6) is -0.832. The molecule has 0 spiro atoms. The predicted molar refractivity (Wildman–Crippen MR) is 584 cm³/mol. The molecule has 0 unspecified atom stereocenters. The number of nitriles is 3. The Kier molecular flexibility index (Phi) is 31.2. The summed E-state index contributed by atoms with van der Waals surface area (Å²) in [5.41, 5.74) is 27.2. The summed E-state index contributed by atoms with van der Waals surface area (Å²) in [6.45, 7) is 14.2. The number of carboxylic acids is 1. The fraction of sp³-hybridized carbons (Fsp3) is 0.176. The van der Waals surface area contributed by atoms with Crippen molar-refractivity contribution < 1.29 is 24.3 Å². The first-order valence-electron chi connectivity index (χ1n) is 49.4. The van der Waals surface area contributed by atoms with Gasteiger partial charge < -0.3 is 37.4 Å². The molecule has 23 rings (SSSR count). The summed E-state index contributed by atoms with van der Waals surface area (Å²) in [6.07, 6.45) is 16.4. The molecule has 31 heteroatoms. The van der Waals surface area contributed by atoms with Gasteiger partial charge in [0, 0.05) is 245 Å². The normalized spacial score (nSPS) is 14.2. The van der Waals surface area contributed by atoms with Crippen molar-refractivity contribution in [3.8, 4) is 108 Å². The number of nitrogens with zero attached hydrogens (tertiary/aromatic N) is 22. The number of carbonyl (C=O) groups excluding carboxylic acids is 3. The van der Waals surface area contributed by atoms with Crippen LogP contribution in [0.5, 0.6) is 0 Å². The molecule has 0 saturated carbocycles. The van der Waals surface area contributed by atoms with Gasteiger partial charge in [-0.25, -0.2) is 24.9 Å². The number of halogens is 4. The number of hydrogen-bond acceptors (Lipinski definition) is 19. The van der Waals surface area contributed by atoms with Crippen LogP contribution in [0.25, 0.3) is 112 Å². The van der Waals surface area contributed by atoms with E-state index < -0.39 is 5.97 Å². The van der Waals surface area contributed by atoms with Crippen molar-refractivity contribution in [3.05, 3.63) is 423 Å². The number of pyridine rings is 5. The molecular formula is C119H100Cl4N22O5. The second-order valence-electron chi connectivity index (χ2n) is 37.0. The topological polar surface area (TPSA) is 294 Å². The first kappa shape index (κ1) is 101. The minimum atomic E-state index is -0.774. The quantitative estimate of drug-likeness (QED) is 0.0699. The Morgan fingerprint density at radius 3 is 0.927 bits per heavy atom. The maximum absolute atomic E-state index is 13.0. The molecule has 1 N–H and O–H groups in total. The van der Waals surface area contributed by atoms with Gasteiger partial charge >= 0.3 is 5.97 Å². The molecule has 19 aromatic rings. The van der Waals surface area contributed by atoms with E-state index in [0.29, 0.717) is 113 Å². The van der Waals surface area contributed by atoms with Crippen molar-refractivity contribution >= 4 is 92.7 Å². The summed E-state index contributed by atoms with van der Waals surface area (Å²) in [6, 6.07) is 100. The predicted octanol–water partition coefficient (Wildman–Crippen LogP) is 21.2. The SMILES string of the molecule is N#Cc1ccc(C(=O)N2CCN(Cc3c(-c4ccc(Cl)cc4)nc4ccc(-c5ccccc5)cn34)CC2)cc1.N#Cc1ccccc1-c1ccc2nc(-c3ccc(Cl)cc3)c(CN3CCN(C(=O)c4ccncc4)CC3)n2c1.N#Cc1ccccc1-c1ccc2nc(-c3ccc(Cl)cc3)c(CN3CCN(C(=O)c4cnccn4)CC3)n2c1.O=C(O)CN1CCN(Cc2c(-c3ccc(Cl)cc3)nc3ccc(-c4ccccc4)cn23)CC1. The van der Waals surface area contributed by atoms with Crippen LogP contribution < -0.4 is 0 Å². The number of rotatable bonds is 21. The van der Waals surface area contributed by atoms with Crippen molar-refractivity contribution in [2.24, 2.45) is 0 Å². The number of carbonyl (C=O) groups is 4. The highest BCUT2D eigenvalue weighted by atomic mass is 35.5. The minimum absolute atomic E-state index is 0.00305. The number of aliphatic carboxylic acids is 1. The molecule has 4 saturated heterocycles. The lowest BCUT2D eigenvalue weighted by Crippen LogP contribution is -2.48. The average Bonchev–Trinajstić information content (AvgIpc) is 1.62. The van der Waals surface area contributed by atoms with E-state index in [1.807, 2.05) is 226 Å². The second kappa shape index (κ2) is 46.6. The Hall–Kier alpha value is -16.7. The van der Waals surface area contributed by atoms with Crippen molar-refractivity contribution in [2.75, 3.05) is 111 Å².